The molecule has 0 bridgehead atoms. The molecule has 24 heavy (non-hydrogen) atoms. The van der Waals surface area contributed by atoms with Crippen LogP contribution < -0.4 is 9.64 Å². The van der Waals surface area contributed by atoms with E-state index in [1.807, 2.05) is 35.2 Å². The Labute approximate surface area is 147 Å². The van der Waals surface area contributed by atoms with Crippen LogP contribution in [0.3, 0.4) is 0 Å². The summed E-state index contributed by atoms with van der Waals surface area (Å²) in [4.78, 5) is 15.9. The van der Waals surface area contributed by atoms with Crippen molar-refractivity contribution in [2.75, 3.05) is 33.3 Å². The number of amides is 1. The maximum absolute atomic E-state index is 12.6. The first-order valence-corrected chi connectivity index (χ1v) is 8.55. The average Bonchev–Trinajstić information content (AvgIpc) is 2.62. The van der Waals surface area contributed by atoms with Crippen molar-refractivity contribution >= 4 is 17.5 Å². The van der Waals surface area contributed by atoms with E-state index in [2.05, 4.69) is 6.07 Å². The zero-order valence-electron chi connectivity index (χ0n) is 13.8. The molecular weight excluding hydrogens is 324 g/mol. The van der Waals surface area contributed by atoms with Crippen LogP contribution in [-0.4, -0.2) is 44.1 Å². The van der Waals surface area contributed by atoms with E-state index in [0.29, 0.717) is 10.6 Å². The molecule has 0 aromatic heterocycles. The highest BCUT2D eigenvalue weighted by Crippen LogP contribution is 2.16. The molecule has 5 heteroatoms. The van der Waals surface area contributed by atoms with Gasteiger partial charge in [-0.05, 0) is 30.3 Å². The summed E-state index contributed by atoms with van der Waals surface area (Å²) >= 11 is 5.98. The summed E-state index contributed by atoms with van der Waals surface area (Å²) < 4.78 is 5.42. The minimum absolute atomic E-state index is 0.0637. The fraction of sp³-hybridized carbons (Fsp3) is 0.316. The Morgan fingerprint density at radius 1 is 1.17 bits per heavy atom. The summed E-state index contributed by atoms with van der Waals surface area (Å²) in [6.45, 7) is 4.31. The molecule has 1 aliphatic rings. The van der Waals surface area contributed by atoms with Crippen LogP contribution in [0.25, 0.3) is 0 Å². The summed E-state index contributed by atoms with van der Waals surface area (Å²) in [6, 6.07) is 15.3. The van der Waals surface area contributed by atoms with Gasteiger partial charge < -0.3 is 14.5 Å². The van der Waals surface area contributed by atoms with Gasteiger partial charge >= 0.3 is 0 Å². The first-order valence-electron chi connectivity index (χ1n) is 8.17. The predicted molar refractivity (Wildman–Crippen MR) is 94.8 cm³/mol. The molecule has 1 N–H and O–H groups in total. The molecule has 0 aliphatic carbocycles. The number of carbonyl (C=O) groups is 1. The lowest BCUT2D eigenvalue weighted by Crippen LogP contribution is -3.13. The van der Waals surface area contributed by atoms with Crippen LogP contribution in [0, 0.1) is 0 Å². The molecule has 2 aromatic rings. The van der Waals surface area contributed by atoms with E-state index in [-0.39, 0.29) is 5.91 Å². The van der Waals surface area contributed by atoms with Crippen molar-refractivity contribution in [1.82, 2.24) is 4.90 Å². The number of halogens is 1. The summed E-state index contributed by atoms with van der Waals surface area (Å²) in [7, 11) is 1.70. The van der Waals surface area contributed by atoms with Crippen LogP contribution in [-0.2, 0) is 6.54 Å². The third-order valence-electron chi connectivity index (χ3n) is 4.46. The fourth-order valence-corrected chi connectivity index (χ4v) is 3.32. The Hall–Kier alpha value is -2.04. The number of para-hydroxylation sites is 1. The highest BCUT2D eigenvalue weighted by Gasteiger charge is 2.25. The first-order chi connectivity index (χ1) is 11.7. The number of methoxy groups -OCH3 is 1. The van der Waals surface area contributed by atoms with Gasteiger partial charge in [0.25, 0.3) is 5.91 Å². The lowest BCUT2D eigenvalue weighted by atomic mass is 10.1. The number of ether oxygens (including phenoxy) is 1. The van der Waals surface area contributed by atoms with E-state index in [0.717, 1.165) is 38.5 Å². The minimum atomic E-state index is 0.0637. The van der Waals surface area contributed by atoms with Gasteiger partial charge in [0.2, 0.25) is 0 Å². The predicted octanol–water partition coefficient (Wildman–Crippen LogP) is 1.89. The second kappa shape index (κ2) is 7.69. The van der Waals surface area contributed by atoms with Gasteiger partial charge in [0.05, 0.1) is 33.3 Å². The Morgan fingerprint density at radius 3 is 2.62 bits per heavy atom. The molecular formula is C19H22ClN2O2+. The fourth-order valence-electron chi connectivity index (χ4n) is 3.13. The van der Waals surface area contributed by atoms with Gasteiger partial charge in [0, 0.05) is 16.1 Å². The van der Waals surface area contributed by atoms with E-state index in [4.69, 9.17) is 16.3 Å². The monoisotopic (exact) mass is 345 g/mol. The van der Waals surface area contributed by atoms with Gasteiger partial charge in [0.15, 0.2) is 0 Å². The highest BCUT2D eigenvalue weighted by atomic mass is 35.5. The second-order valence-electron chi connectivity index (χ2n) is 6.04. The molecule has 0 atom stereocenters. The average molecular weight is 346 g/mol. The largest absolute Gasteiger partial charge is 0.496 e. The van der Waals surface area contributed by atoms with Gasteiger partial charge in [0.1, 0.15) is 12.3 Å². The lowest BCUT2D eigenvalue weighted by molar-refractivity contribution is -0.917. The smallest absolute Gasteiger partial charge is 0.254 e. The number of piperazine rings is 1. The van der Waals surface area contributed by atoms with Gasteiger partial charge in [-0.15, -0.1) is 0 Å². The molecule has 0 spiro atoms. The molecule has 2 aromatic carbocycles. The maximum atomic E-state index is 12.6. The number of nitrogens with one attached hydrogen (secondary N) is 1. The summed E-state index contributed by atoms with van der Waals surface area (Å²) in [5, 5.41) is 0.598. The molecule has 1 saturated heterocycles. The van der Waals surface area contributed by atoms with E-state index in [9.17, 15) is 4.79 Å². The van der Waals surface area contributed by atoms with E-state index in [1.54, 1.807) is 19.2 Å². The van der Waals surface area contributed by atoms with Crippen molar-refractivity contribution in [3.8, 4) is 5.75 Å². The summed E-state index contributed by atoms with van der Waals surface area (Å²) in [6.07, 6.45) is 0. The van der Waals surface area contributed by atoms with E-state index >= 15 is 0 Å². The molecule has 3 rings (SSSR count). The number of hydrogen-bond donors (Lipinski definition) is 1. The van der Waals surface area contributed by atoms with Gasteiger partial charge in [-0.2, -0.15) is 0 Å². The second-order valence-corrected chi connectivity index (χ2v) is 6.48. The maximum Gasteiger partial charge on any atom is 0.254 e. The zero-order chi connectivity index (χ0) is 16.9. The van der Waals surface area contributed by atoms with Crippen molar-refractivity contribution in [3.63, 3.8) is 0 Å². The van der Waals surface area contributed by atoms with Crippen LogP contribution in [0.15, 0.2) is 48.5 Å². The molecule has 0 radical (unpaired) electrons. The standard InChI is InChI=1S/C19H21ClN2O2/c1-24-18-8-3-2-5-16(18)14-21-9-11-22(12-10-21)19(23)15-6-4-7-17(20)13-15/h2-8,13H,9-12,14H2,1H3/p+1. The van der Waals surface area contributed by atoms with Gasteiger partial charge in [-0.3, -0.25) is 4.79 Å². The highest BCUT2D eigenvalue weighted by molar-refractivity contribution is 6.30. The van der Waals surface area contributed by atoms with Crippen LogP contribution in [0.2, 0.25) is 5.02 Å². The first kappa shape index (κ1) is 16.8. The molecule has 1 fully saturated rings. The van der Waals surface area contributed by atoms with Crippen LogP contribution in [0.1, 0.15) is 15.9 Å². The van der Waals surface area contributed by atoms with Crippen molar-refractivity contribution in [2.45, 2.75) is 6.54 Å². The number of quaternary nitrogens is 1. The Bertz CT molecular complexity index is 712. The van der Waals surface area contributed by atoms with Crippen LogP contribution in [0.5, 0.6) is 5.75 Å². The molecule has 1 amide bonds. The molecule has 4 nitrogen and oxygen atoms in total. The quantitative estimate of drug-likeness (QED) is 0.918. The summed E-state index contributed by atoms with van der Waals surface area (Å²) in [5.41, 5.74) is 1.88. The van der Waals surface area contributed by atoms with Crippen molar-refractivity contribution in [3.05, 3.63) is 64.7 Å². The van der Waals surface area contributed by atoms with Gasteiger partial charge in [-0.1, -0.05) is 29.8 Å². The van der Waals surface area contributed by atoms with Crippen molar-refractivity contribution in [2.24, 2.45) is 0 Å². The van der Waals surface area contributed by atoms with Crippen LogP contribution in [0.4, 0.5) is 0 Å². The van der Waals surface area contributed by atoms with Crippen molar-refractivity contribution < 1.29 is 14.4 Å². The van der Waals surface area contributed by atoms with Crippen LogP contribution >= 0.6 is 11.6 Å². The molecule has 0 saturated carbocycles. The van der Waals surface area contributed by atoms with E-state index in [1.165, 1.54) is 10.5 Å². The number of benzene rings is 2. The lowest BCUT2D eigenvalue weighted by Gasteiger charge is -2.32. The van der Waals surface area contributed by atoms with Crippen molar-refractivity contribution in [1.29, 1.82) is 0 Å². The number of nitrogens with zero attached hydrogens (tertiary/aromatic N) is 1. The third kappa shape index (κ3) is 3.89. The number of rotatable bonds is 4. The third-order valence-corrected chi connectivity index (χ3v) is 4.70. The summed E-state index contributed by atoms with van der Waals surface area (Å²) in [5.74, 6) is 0.997. The SMILES string of the molecule is COc1ccccc1C[NH+]1CCN(C(=O)c2cccc(Cl)c2)CC1. The minimum Gasteiger partial charge on any atom is -0.496 e. The number of carbonyl (C=O) groups excluding carboxylic acids is 1. The molecule has 1 aliphatic heterocycles. The molecule has 0 unspecified atom stereocenters. The number of hydrogen-bond acceptors (Lipinski definition) is 2. The Morgan fingerprint density at radius 2 is 1.92 bits per heavy atom. The van der Waals surface area contributed by atoms with Gasteiger partial charge in [-0.25, -0.2) is 0 Å². The molecule has 126 valence electrons. The topological polar surface area (TPSA) is 34.0 Å². The Balaban J connectivity index is 1.58. The van der Waals surface area contributed by atoms with E-state index < -0.39 is 0 Å². The Kier molecular flexibility index (Phi) is 5.38. The molecule has 1 heterocycles. The zero-order valence-corrected chi connectivity index (χ0v) is 14.6. The normalized spacial score (nSPS) is 15.3.